The molecule has 1 heterocycles. The van der Waals surface area contributed by atoms with Gasteiger partial charge in [-0.05, 0) is 37.1 Å². The maximum atomic E-state index is 10.3. The van der Waals surface area contributed by atoms with E-state index in [1.807, 2.05) is 24.5 Å². The predicted octanol–water partition coefficient (Wildman–Crippen LogP) is 2.24. The van der Waals surface area contributed by atoms with Gasteiger partial charge in [0.15, 0.2) is 0 Å². The van der Waals surface area contributed by atoms with Crippen LogP contribution in [0.25, 0.3) is 0 Å². The number of rotatable bonds is 3. The van der Waals surface area contributed by atoms with E-state index in [2.05, 4.69) is 11.0 Å². The fraction of sp³-hybridized carbons (Fsp3) is 0.500. The number of hydrogen-bond acceptors (Lipinski definition) is 4. The largest absolute Gasteiger partial charge is 0.386 e. The summed E-state index contributed by atoms with van der Waals surface area (Å²) in [4.78, 5) is 3.13. The van der Waals surface area contributed by atoms with Crippen molar-refractivity contribution in [3.8, 4) is 6.07 Å². The Balaban J connectivity index is 1.84. The molecule has 3 rings (SSSR count). The number of benzene rings is 1. The first-order valence-electron chi connectivity index (χ1n) is 6.22. The first-order valence-corrected chi connectivity index (χ1v) is 7.45. The average molecular weight is 260 g/mol. The van der Waals surface area contributed by atoms with Crippen molar-refractivity contribution in [2.24, 2.45) is 5.92 Å². The van der Waals surface area contributed by atoms with Crippen molar-refractivity contribution in [1.29, 1.82) is 5.26 Å². The lowest BCUT2D eigenvalue weighted by molar-refractivity contribution is -0.00934. The monoisotopic (exact) mass is 260 g/mol. The molecule has 0 amide bonds. The Bertz CT molecular complexity index is 513. The number of thioether (sulfide) groups is 1. The summed E-state index contributed by atoms with van der Waals surface area (Å²) >= 11 is 1.59. The van der Waals surface area contributed by atoms with E-state index >= 15 is 0 Å². The van der Waals surface area contributed by atoms with Gasteiger partial charge in [0.25, 0.3) is 0 Å². The molecule has 0 radical (unpaired) electrons. The maximum Gasteiger partial charge on any atom is 0.103 e. The number of hydrogen-bond donors (Lipinski definition) is 1. The first kappa shape index (κ1) is 11.9. The van der Waals surface area contributed by atoms with Gasteiger partial charge < -0.3 is 10.0 Å². The van der Waals surface area contributed by atoms with Crippen LogP contribution in [0.1, 0.15) is 18.4 Å². The van der Waals surface area contributed by atoms with Crippen LogP contribution in [-0.2, 0) is 0 Å². The van der Waals surface area contributed by atoms with E-state index < -0.39 is 5.60 Å². The van der Waals surface area contributed by atoms with Crippen LogP contribution in [0.15, 0.2) is 23.1 Å². The molecule has 2 aliphatic rings. The molecule has 0 spiro atoms. The number of nitriles is 1. The zero-order valence-corrected chi connectivity index (χ0v) is 11.2. The highest BCUT2D eigenvalue weighted by atomic mass is 32.2. The smallest absolute Gasteiger partial charge is 0.103 e. The van der Waals surface area contributed by atoms with Crippen LogP contribution < -0.4 is 4.90 Å². The fourth-order valence-corrected chi connectivity index (χ4v) is 3.30. The molecule has 1 aromatic carbocycles. The topological polar surface area (TPSA) is 47.3 Å². The van der Waals surface area contributed by atoms with E-state index in [1.165, 1.54) is 0 Å². The summed E-state index contributed by atoms with van der Waals surface area (Å²) in [6, 6.07) is 8.22. The van der Waals surface area contributed by atoms with Gasteiger partial charge in [-0.25, -0.2) is 0 Å². The minimum Gasteiger partial charge on any atom is -0.386 e. The van der Waals surface area contributed by atoms with Gasteiger partial charge in [-0.15, -0.1) is 11.8 Å². The van der Waals surface area contributed by atoms with Crippen molar-refractivity contribution in [3.05, 3.63) is 23.8 Å². The van der Waals surface area contributed by atoms with Crippen molar-refractivity contribution in [1.82, 2.24) is 0 Å². The minimum absolute atomic E-state index is 0.489. The van der Waals surface area contributed by atoms with Crippen LogP contribution in [0.3, 0.4) is 0 Å². The van der Waals surface area contributed by atoms with Gasteiger partial charge in [-0.3, -0.25) is 0 Å². The van der Waals surface area contributed by atoms with Gasteiger partial charge in [0.1, 0.15) is 11.7 Å². The van der Waals surface area contributed by atoms with Crippen molar-refractivity contribution in [2.75, 3.05) is 24.2 Å². The van der Waals surface area contributed by atoms with Crippen LogP contribution >= 0.6 is 11.8 Å². The number of β-amino-alcohol motifs (C(OH)–C–C–N with tert-alkyl or cyclic N) is 1. The molecule has 3 nitrogen and oxygen atoms in total. The lowest BCUT2D eigenvalue weighted by Gasteiger charge is -2.48. The van der Waals surface area contributed by atoms with E-state index in [1.54, 1.807) is 11.8 Å². The average Bonchev–Trinajstić information content (AvgIpc) is 3.18. The van der Waals surface area contributed by atoms with Gasteiger partial charge in [-0.1, -0.05) is 6.07 Å². The predicted molar refractivity (Wildman–Crippen MR) is 72.8 cm³/mol. The minimum atomic E-state index is -0.498. The van der Waals surface area contributed by atoms with E-state index in [0.717, 1.165) is 29.0 Å². The first-order chi connectivity index (χ1) is 8.68. The highest BCUT2D eigenvalue weighted by Crippen LogP contribution is 2.46. The summed E-state index contributed by atoms with van der Waals surface area (Å²) in [5, 5.41) is 19.6. The fourth-order valence-electron chi connectivity index (χ4n) is 2.73. The Morgan fingerprint density at radius 3 is 2.72 bits per heavy atom. The molecule has 1 aliphatic heterocycles. The summed E-state index contributed by atoms with van der Waals surface area (Å²) in [6.07, 6.45) is 4.29. The molecule has 1 saturated carbocycles. The van der Waals surface area contributed by atoms with Crippen LogP contribution in [0.5, 0.6) is 0 Å². The zero-order chi connectivity index (χ0) is 12.8. The highest BCUT2D eigenvalue weighted by molar-refractivity contribution is 7.98. The molecule has 0 atom stereocenters. The normalized spacial score (nSPS) is 21.3. The SMILES string of the molecule is CSc1cccc(N2CC(O)(C3CC3)C2)c1C#N. The van der Waals surface area contributed by atoms with Gasteiger partial charge in [0.05, 0.1) is 11.3 Å². The second kappa shape index (κ2) is 4.18. The third kappa shape index (κ3) is 1.79. The molecule has 1 N–H and O–H groups in total. The molecular formula is C14H16N2OS. The van der Waals surface area contributed by atoms with Crippen LogP contribution in [0, 0.1) is 17.2 Å². The molecule has 18 heavy (non-hydrogen) atoms. The van der Waals surface area contributed by atoms with E-state index in [4.69, 9.17) is 0 Å². The second-order valence-corrected chi connectivity index (χ2v) is 6.05. The zero-order valence-electron chi connectivity index (χ0n) is 10.4. The van der Waals surface area contributed by atoms with Crippen molar-refractivity contribution in [3.63, 3.8) is 0 Å². The van der Waals surface area contributed by atoms with Gasteiger partial charge in [-0.2, -0.15) is 5.26 Å². The molecule has 2 fully saturated rings. The van der Waals surface area contributed by atoms with Crippen molar-refractivity contribution in [2.45, 2.75) is 23.3 Å². The molecule has 4 heteroatoms. The summed E-state index contributed by atoms with van der Waals surface area (Å²) in [5.74, 6) is 0.489. The van der Waals surface area contributed by atoms with Crippen molar-refractivity contribution >= 4 is 17.4 Å². The molecule has 1 aromatic rings. The Labute approximate surface area is 111 Å². The van der Waals surface area contributed by atoms with Gasteiger partial charge in [0, 0.05) is 18.0 Å². The number of nitrogens with zero attached hydrogens (tertiary/aromatic N) is 2. The summed E-state index contributed by atoms with van der Waals surface area (Å²) < 4.78 is 0. The standard InChI is InChI=1S/C14H16N2OS/c1-18-13-4-2-3-12(11(13)7-15)16-8-14(17,9-16)10-5-6-10/h2-4,10,17H,5-6,8-9H2,1H3. The lowest BCUT2D eigenvalue weighted by atomic mass is 9.88. The molecule has 1 saturated heterocycles. The summed E-state index contributed by atoms with van der Waals surface area (Å²) in [6.45, 7) is 1.34. The van der Waals surface area contributed by atoms with Crippen LogP contribution in [0.2, 0.25) is 0 Å². The maximum absolute atomic E-state index is 10.3. The van der Waals surface area contributed by atoms with Gasteiger partial charge >= 0.3 is 0 Å². The van der Waals surface area contributed by atoms with E-state index in [9.17, 15) is 10.4 Å². The van der Waals surface area contributed by atoms with Crippen LogP contribution in [-0.4, -0.2) is 30.1 Å². The van der Waals surface area contributed by atoms with Crippen LogP contribution in [0.4, 0.5) is 5.69 Å². The lowest BCUT2D eigenvalue weighted by Crippen LogP contribution is -2.63. The van der Waals surface area contributed by atoms with E-state index in [-0.39, 0.29) is 0 Å². The van der Waals surface area contributed by atoms with Crippen molar-refractivity contribution < 1.29 is 5.11 Å². The Kier molecular flexibility index (Phi) is 2.76. The summed E-state index contributed by atoms with van der Waals surface area (Å²) in [7, 11) is 0. The Morgan fingerprint density at radius 2 is 2.17 bits per heavy atom. The molecular weight excluding hydrogens is 244 g/mol. The number of anilines is 1. The molecule has 94 valence electrons. The Hall–Kier alpha value is -1.18. The second-order valence-electron chi connectivity index (χ2n) is 5.20. The Morgan fingerprint density at radius 1 is 1.44 bits per heavy atom. The third-order valence-electron chi connectivity index (χ3n) is 3.94. The molecule has 0 aromatic heterocycles. The summed E-state index contributed by atoms with van der Waals surface area (Å²) in [5.41, 5.74) is 1.21. The van der Waals surface area contributed by atoms with E-state index in [0.29, 0.717) is 19.0 Å². The quantitative estimate of drug-likeness (QED) is 0.847. The molecule has 0 bridgehead atoms. The number of aliphatic hydroxyl groups is 1. The third-order valence-corrected chi connectivity index (χ3v) is 4.72. The molecule has 0 unspecified atom stereocenters. The molecule has 1 aliphatic carbocycles. The van der Waals surface area contributed by atoms with Gasteiger partial charge in [0.2, 0.25) is 0 Å². The highest BCUT2D eigenvalue weighted by Gasteiger charge is 2.52.